The largest absolute Gasteiger partial charge is 0.467 e. The number of hydrogen-bond acceptors (Lipinski definition) is 5. The Hall–Kier alpha value is -4.91. The minimum atomic E-state index is -1.70. The molecule has 7 heteroatoms. The van der Waals surface area contributed by atoms with Crippen LogP contribution >= 0.6 is 0 Å². The van der Waals surface area contributed by atoms with Gasteiger partial charge in [0.25, 0.3) is 11.8 Å². The average Bonchev–Trinajstić information content (AvgIpc) is 3.61. The lowest BCUT2D eigenvalue weighted by atomic mass is 9.83. The van der Waals surface area contributed by atoms with Gasteiger partial charge >= 0.3 is 0 Å². The molecule has 0 saturated heterocycles. The monoisotopic (exact) mass is 516 g/mol. The second kappa shape index (κ2) is 8.30. The number of carbonyl (C=O) groups is 2. The molecule has 0 N–H and O–H groups in total. The molecule has 4 heterocycles. The molecule has 192 valence electrons. The van der Waals surface area contributed by atoms with Crippen LogP contribution in [0.15, 0.2) is 98.8 Å². The van der Waals surface area contributed by atoms with Gasteiger partial charge in [0, 0.05) is 5.56 Å². The molecule has 7 rings (SSSR count). The first-order valence-electron chi connectivity index (χ1n) is 12.8. The van der Waals surface area contributed by atoms with Gasteiger partial charge < -0.3 is 18.6 Å². The zero-order valence-electron chi connectivity index (χ0n) is 21.4. The molecule has 0 bridgehead atoms. The fourth-order valence-electron chi connectivity index (χ4n) is 5.95. The molecule has 3 aromatic carbocycles. The molecule has 2 aromatic heterocycles. The summed E-state index contributed by atoms with van der Waals surface area (Å²) < 4.78 is 11.8. The van der Waals surface area contributed by atoms with Crippen LogP contribution in [0.25, 0.3) is 11.0 Å². The highest BCUT2D eigenvalue weighted by molar-refractivity contribution is 6.17. The minimum Gasteiger partial charge on any atom is -0.467 e. The van der Waals surface area contributed by atoms with Gasteiger partial charge in [0.2, 0.25) is 5.76 Å². The Morgan fingerprint density at radius 3 is 2.33 bits per heavy atom. The SMILES string of the molecule is Cc1cc2oc3c(c(=O)c2cc1C)C1(C(=O)N(Cc2ccccc2)c2ccccc21)N(Cc1ccco1)C3=O. The number of aryl methyl sites for hydroxylation is 2. The third-order valence-corrected chi connectivity index (χ3v) is 7.93. The molecule has 0 aliphatic carbocycles. The number of para-hydroxylation sites is 1. The van der Waals surface area contributed by atoms with Crippen LogP contribution in [0.3, 0.4) is 0 Å². The Kier molecular flexibility index (Phi) is 4.94. The summed E-state index contributed by atoms with van der Waals surface area (Å²) in [4.78, 5) is 46.3. The van der Waals surface area contributed by atoms with Crippen molar-refractivity contribution in [3.8, 4) is 0 Å². The number of anilines is 1. The maximum absolute atomic E-state index is 14.8. The first-order valence-corrected chi connectivity index (χ1v) is 12.8. The number of furan rings is 1. The quantitative estimate of drug-likeness (QED) is 0.317. The fourth-order valence-corrected chi connectivity index (χ4v) is 5.95. The Balaban J connectivity index is 1.54. The van der Waals surface area contributed by atoms with E-state index in [-0.39, 0.29) is 35.7 Å². The van der Waals surface area contributed by atoms with E-state index in [9.17, 15) is 14.4 Å². The summed E-state index contributed by atoms with van der Waals surface area (Å²) in [6.45, 7) is 4.12. The zero-order chi connectivity index (χ0) is 26.9. The van der Waals surface area contributed by atoms with Crippen molar-refractivity contribution in [2.45, 2.75) is 32.5 Å². The molecule has 0 saturated carbocycles. The highest BCUT2D eigenvalue weighted by Gasteiger charge is 2.65. The van der Waals surface area contributed by atoms with Crippen molar-refractivity contribution in [1.82, 2.24) is 4.90 Å². The minimum absolute atomic E-state index is 0.0108. The lowest BCUT2D eigenvalue weighted by Crippen LogP contribution is -2.52. The van der Waals surface area contributed by atoms with Gasteiger partial charge in [0.1, 0.15) is 11.3 Å². The van der Waals surface area contributed by atoms with E-state index in [1.165, 1.54) is 11.2 Å². The van der Waals surface area contributed by atoms with Gasteiger partial charge in [-0.05, 0) is 60.9 Å². The molecule has 5 aromatic rings. The number of benzene rings is 3. The van der Waals surface area contributed by atoms with Crippen molar-refractivity contribution in [3.63, 3.8) is 0 Å². The summed E-state index contributed by atoms with van der Waals surface area (Å²) in [6.07, 6.45) is 1.52. The van der Waals surface area contributed by atoms with Crippen LogP contribution < -0.4 is 10.3 Å². The van der Waals surface area contributed by atoms with Gasteiger partial charge in [-0.3, -0.25) is 14.4 Å². The van der Waals surface area contributed by atoms with Crippen LogP contribution in [0.4, 0.5) is 5.69 Å². The summed E-state index contributed by atoms with van der Waals surface area (Å²) >= 11 is 0. The highest BCUT2D eigenvalue weighted by Crippen LogP contribution is 2.53. The molecule has 0 fully saturated rings. The second-order valence-corrected chi connectivity index (χ2v) is 10.1. The molecular formula is C32H24N2O5. The topological polar surface area (TPSA) is 84.0 Å². The van der Waals surface area contributed by atoms with Crippen LogP contribution in [0.1, 0.15) is 44.1 Å². The van der Waals surface area contributed by atoms with Gasteiger partial charge in [0.05, 0.1) is 36.0 Å². The highest BCUT2D eigenvalue weighted by atomic mass is 16.4. The van der Waals surface area contributed by atoms with E-state index >= 15 is 0 Å². The number of amides is 2. The van der Waals surface area contributed by atoms with E-state index < -0.39 is 11.4 Å². The van der Waals surface area contributed by atoms with E-state index in [1.807, 2.05) is 68.4 Å². The van der Waals surface area contributed by atoms with Crippen molar-refractivity contribution in [3.05, 3.63) is 135 Å². The molecule has 1 spiro atoms. The van der Waals surface area contributed by atoms with E-state index in [4.69, 9.17) is 8.83 Å². The Morgan fingerprint density at radius 1 is 0.821 bits per heavy atom. The summed E-state index contributed by atoms with van der Waals surface area (Å²) in [6, 6.07) is 24.0. The third kappa shape index (κ3) is 3.13. The van der Waals surface area contributed by atoms with Gasteiger partial charge in [-0.2, -0.15) is 0 Å². The molecule has 0 radical (unpaired) electrons. The number of carbonyl (C=O) groups excluding carboxylic acids is 2. The summed E-state index contributed by atoms with van der Waals surface area (Å²) in [7, 11) is 0. The molecule has 2 amide bonds. The number of fused-ring (bicyclic) bond motifs is 5. The standard InChI is InChI=1S/C32H24N2O5/c1-19-15-23-26(16-20(19)2)39-29-27(28(23)35)32(34(30(29)36)18-22-11-8-14-38-22)24-12-6-7-13-25(24)33(31(32)37)17-21-9-4-3-5-10-21/h3-16H,17-18H2,1-2H3. The summed E-state index contributed by atoms with van der Waals surface area (Å²) in [5.74, 6) is -0.511. The molecule has 1 atom stereocenters. The number of rotatable bonds is 4. The van der Waals surface area contributed by atoms with Crippen molar-refractivity contribution in [2.75, 3.05) is 4.90 Å². The van der Waals surface area contributed by atoms with E-state index in [0.29, 0.717) is 28.0 Å². The zero-order valence-corrected chi connectivity index (χ0v) is 21.4. The van der Waals surface area contributed by atoms with Crippen LogP contribution in [-0.4, -0.2) is 16.7 Å². The summed E-state index contributed by atoms with van der Waals surface area (Å²) in [5.41, 5.74) is 2.31. The second-order valence-electron chi connectivity index (χ2n) is 10.1. The number of hydrogen-bond donors (Lipinski definition) is 0. The Bertz CT molecular complexity index is 1860. The van der Waals surface area contributed by atoms with Crippen LogP contribution in [0.5, 0.6) is 0 Å². The lowest BCUT2D eigenvalue weighted by Gasteiger charge is -2.33. The molecule has 39 heavy (non-hydrogen) atoms. The Labute approximate surface area is 223 Å². The average molecular weight is 517 g/mol. The van der Waals surface area contributed by atoms with E-state index in [1.54, 1.807) is 29.2 Å². The lowest BCUT2D eigenvalue weighted by molar-refractivity contribution is -0.126. The normalized spacial score (nSPS) is 17.9. The van der Waals surface area contributed by atoms with Gasteiger partial charge in [-0.15, -0.1) is 0 Å². The molecular weight excluding hydrogens is 492 g/mol. The molecule has 2 aliphatic rings. The number of nitrogens with zero attached hydrogens (tertiary/aromatic N) is 2. The fraction of sp³-hybridized carbons (Fsp3) is 0.156. The maximum atomic E-state index is 14.8. The molecule has 1 unspecified atom stereocenters. The molecule has 2 aliphatic heterocycles. The van der Waals surface area contributed by atoms with Crippen LogP contribution in [0, 0.1) is 13.8 Å². The first kappa shape index (κ1) is 23.2. The first-order chi connectivity index (χ1) is 18.9. The van der Waals surface area contributed by atoms with E-state index in [0.717, 1.165) is 16.7 Å². The predicted octanol–water partition coefficient (Wildman–Crippen LogP) is 5.45. The van der Waals surface area contributed by atoms with Crippen molar-refractivity contribution >= 4 is 28.5 Å². The Morgan fingerprint density at radius 2 is 1.56 bits per heavy atom. The van der Waals surface area contributed by atoms with Gasteiger partial charge in [-0.1, -0.05) is 48.5 Å². The summed E-state index contributed by atoms with van der Waals surface area (Å²) in [5, 5.41) is 0.343. The van der Waals surface area contributed by atoms with Crippen LogP contribution in [0.2, 0.25) is 0 Å². The van der Waals surface area contributed by atoms with Crippen molar-refractivity contribution in [1.29, 1.82) is 0 Å². The van der Waals surface area contributed by atoms with Crippen molar-refractivity contribution < 1.29 is 18.4 Å². The third-order valence-electron chi connectivity index (χ3n) is 7.93. The predicted molar refractivity (Wildman–Crippen MR) is 145 cm³/mol. The van der Waals surface area contributed by atoms with Crippen molar-refractivity contribution in [2.24, 2.45) is 0 Å². The van der Waals surface area contributed by atoms with Gasteiger partial charge in [0.15, 0.2) is 11.0 Å². The molecule has 7 nitrogen and oxygen atoms in total. The smallest absolute Gasteiger partial charge is 0.291 e. The van der Waals surface area contributed by atoms with Crippen LogP contribution in [-0.2, 0) is 23.4 Å². The van der Waals surface area contributed by atoms with E-state index in [2.05, 4.69) is 0 Å². The van der Waals surface area contributed by atoms with Gasteiger partial charge in [-0.25, -0.2) is 0 Å². The maximum Gasteiger partial charge on any atom is 0.291 e.